The number of ether oxygens (including phenoxy) is 1. The van der Waals surface area contributed by atoms with Gasteiger partial charge in [-0.05, 0) is 55.3 Å². The van der Waals surface area contributed by atoms with E-state index in [9.17, 15) is 4.79 Å². The van der Waals surface area contributed by atoms with Crippen molar-refractivity contribution >= 4 is 18.3 Å². The summed E-state index contributed by atoms with van der Waals surface area (Å²) in [5.74, 6) is 1.15. The van der Waals surface area contributed by atoms with Crippen LogP contribution in [0.15, 0.2) is 24.3 Å². The molecule has 5 heteroatoms. The van der Waals surface area contributed by atoms with Crippen molar-refractivity contribution in [3.8, 4) is 5.75 Å². The first-order valence-electron chi connectivity index (χ1n) is 9.28. The fourth-order valence-corrected chi connectivity index (χ4v) is 3.91. The maximum Gasteiger partial charge on any atom is 0.223 e. The summed E-state index contributed by atoms with van der Waals surface area (Å²) in [5, 5.41) is 0. The zero-order chi connectivity index (χ0) is 17.0. The molecule has 0 bridgehead atoms. The summed E-state index contributed by atoms with van der Waals surface area (Å²) in [7, 11) is 1.67. The van der Waals surface area contributed by atoms with Gasteiger partial charge >= 0.3 is 0 Å². The SMILES string of the molecule is COc1ccc(CN(C(=O)CC2(CN)CCCCC2)C2CC2)cc1.Cl. The molecule has 2 aliphatic rings. The molecule has 0 heterocycles. The van der Waals surface area contributed by atoms with E-state index in [0.29, 0.717) is 31.5 Å². The molecule has 2 fully saturated rings. The molecule has 0 saturated heterocycles. The van der Waals surface area contributed by atoms with Crippen molar-refractivity contribution in [1.29, 1.82) is 0 Å². The summed E-state index contributed by atoms with van der Waals surface area (Å²) in [6.45, 7) is 1.34. The highest BCUT2D eigenvalue weighted by molar-refractivity contribution is 5.85. The lowest BCUT2D eigenvalue weighted by molar-refractivity contribution is -0.135. The lowest BCUT2D eigenvalue weighted by Gasteiger charge is -2.37. The number of benzene rings is 1. The zero-order valence-electron chi connectivity index (χ0n) is 15.2. The summed E-state index contributed by atoms with van der Waals surface area (Å²) < 4.78 is 5.22. The monoisotopic (exact) mass is 366 g/mol. The molecule has 0 unspecified atom stereocenters. The Bertz CT molecular complexity index is 551. The van der Waals surface area contributed by atoms with Crippen LogP contribution in [0.5, 0.6) is 5.75 Å². The van der Waals surface area contributed by atoms with E-state index in [-0.39, 0.29) is 17.8 Å². The van der Waals surface area contributed by atoms with Crippen LogP contribution >= 0.6 is 12.4 Å². The molecule has 25 heavy (non-hydrogen) atoms. The van der Waals surface area contributed by atoms with Gasteiger partial charge in [0, 0.05) is 19.0 Å². The number of carbonyl (C=O) groups is 1. The zero-order valence-corrected chi connectivity index (χ0v) is 16.0. The van der Waals surface area contributed by atoms with Crippen LogP contribution in [0.1, 0.15) is 56.9 Å². The van der Waals surface area contributed by atoms with Crippen LogP contribution in [-0.4, -0.2) is 30.5 Å². The molecule has 1 aromatic rings. The number of carbonyl (C=O) groups excluding carboxylic acids is 1. The van der Waals surface area contributed by atoms with Crippen LogP contribution in [0.3, 0.4) is 0 Å². The Morgan fingerprint density at radius 2 is 1.84 bits per heavy atom. The predicted octanol–water partition coefficient (Wildman–Crippen LogP) is 3.91. The standard InChI is InChI=1S/C20H30N2O2.ClH/c1-24-18-9-5-16(6-10-18)14-22(17-7-8-17)19(23)13-20(15-21)11-3-2-4-12-20;/h5-6,9-10,17H,2-4,7-8,11-15,21H2,1H3;1H. The molecule has 1 amide bonds. The summed E-state index contributed by atoms with van der Waals surface area (Å²) >= 11 is 0. The van der Waals surface area contributed by atoms with Gasteiger partial charge in [-0.15, -0.1) is 12.4 Å². The van der Waals surface area contributed by atoms with Gasteiger partial charge in [0.15, 0.2) is 0 Å². The highest BCUT2D eigenvalue weighted by atomic mass is 35.5. The molecule has 0 radical (unpaired) electrons. The van der Waals surface area contributed by atoms with Crippen LogP contribution in [0.4, 0.5) is 0 Å². The van der Waals surface area contributed by atoms with Gasteiger partial charge in [0.25, 0.3) is 0 Å². The summed E-state index contributed by atoms with van der Waals surface area (Å²) in [5.41, 5.74) is 7.29. The number of nitrogens with zero attached hydrogens (tertiary/aromatic N) is 1. The van der Waals surface area contributed by atoms with E-state index < -0.39 is 0 Å². The second-order valence-electron chi connectivity index (χ2n) is 7.54. The number of amides is 1. The Hall–Kier alpha value is -1.26. The summed E-state index contributed by atoms with van der Waals surface area (Å²) in [6, 6.07) is 8.47. The average molecular weight is 367 g/mol. The van der Waals surface area contributed by atoms with E-state index in [0.717, 1.165) is 31.4 Å². The molecule has 0 aromatic heterocycles. The summed E-state index contributed by atoms with van der Waals surface area (Å²) in [6.07, 6.45) is 8.82. The molecule has 0 spiro atoms. The Morgan fingerprint density at radius 1 is 1.20 bits per heavy atom. The molecule has 2 aliphatic carbocycles. The first kappa shape index (κ1) is 20.1. The first-order valence-corrected chi connectivity index (χ1v) is 9.28. The van der Waals surface area contributed by atoms with E-state index in [1.807, 2.05) is 12.1 Å². The molecule has 4 nitrogen and oxygen atoms in total. The number of hydrogen-bond donors (Lipinski definition) is 1. The van der Waals surface area contributed by atoms with Crippen molar-refractivity contribution in [3.63, 3.8) is 0 Å². The lowest BCUT2D eigenvalue weighted by atomic mass is 9.71. The molecule has 0 atom stereocenters. The van der Waals surface area contributed by atoms with Gasteiger partial charge in [-0.2, -0.15) is 0 Å². The molecule has 2 saturated carbocycles. The number of methoxy groups -OCH3 is 1. The van der Waals surface area contributed by atoms with Gasteiger partial charge in [-0.25, -0.2) is 0 Å². The molecule has 1 aromatic carbocycles. The minimum absolute atomic E-state index is 0. The Labute approximate surface area is 157 Å². The van der Waals surface area contributed by atoms with Crippen molar-refractivity contribution in [1.82, 2.24) is 4.90 Å². The fraction of sp³-hybridized carbons (Fsp3) is 0.650. The molecular weight excluding hydrogens is 336 g/mol. The molecule has 2 N–H and O–H groups in total. The Morgan fingerprint density at radius 3 is 2.36 bits per heavy atom. The number of hydrogen-bond acceptors (Lipinski definition) is 3. The van der Waals surface area contributed by atoms with Gasteiger partial charge in [-0.3, -0.25) is 4.79 Å². The largest absolute Gasteiger partial charge is 0.497 e. The molecule has 140 valence electrons. The first-order chi connectivity index (χ1) is 11.7. The lowest BCUT2D eigenvalue weighted by Crippen LogP contribution is -2.41. The van der Waals surface area contributed by atoms with E-state index in [2.05, 4.69) is 17.0 Å². The third kappa shape index (κ3) is 5.11. The van der Waals surface area contributed by atoms with Crippen LogP contribution in [0.25, 0.3) is 0 Å². The maximum absolute atomic E-state index is 13.0. The van der Waals surface area contributed by atoms with E-state index in [1.54, 1.807) is 7.11 Å². The molecular formula is C20H31ClN2O2. The predicted molar refractivity (Wildman–Crippen MR) is 103 cm³/mol. The fourth-order valence-electron chi connectivity index (χ4n) is 3.91. The smallest absolute Gasteiger partial charge is 0.223 e. The molecule has 0 aliphatic heterocycles. The number of nitrogens with two attached hydrogens (primary N) is 1. The van der Waals surface area contributed by atoms with Gasteiger partial charge in [0.05, 0.1) is 7.11 Å². The Kier molecular flexibility index (Phi) is 7.14. The second kappa shape index (κ2) is 8.91. The minimum atomic E-state index is 0. The highest BCUT2D eigenvalue weighted by Crippen LogP contribution is 2.40. The van der Waals surface area contributed by atoms with Gasteiger partial charge < -0.3 is 15.4 Å². The number of rotatable bonds is 7. The van der Waals surface area contributed by atoms with Crippen molar-refractivity contribution in [2.45, 2.75) is 64.0 Å². The van der Waals surface area contributed by atoms with Crippen molar-refractivity contribution in [2.24, 2.45) is 11.1 Å². The van der Waals surface area contributed by atoms with Gasteiger partial charge in [-0.1, -0.05) is 31.4 Å². The van der Waals surface area contributed by atoms with Crippen LogP contribution < -0.4 is 10.5 Å². The number of halogens is 1. The third-order valence-electron chi connectivity index (χ3n) is 5.69. The minimum Gasteiger partial charge on any atom is -0.497 e. The normalized spacial score (nSPS) is 19.0. The van der Waals surface area contributed by atoms with Gasteiger partial charge in [0.2, 0.25) is 5.91 Å². The topological polar surface area (TPSA) is 55.6 Å². The van der Waals surface area contributed by atoms with Gasteiger partial charge in [0.1, 0.15) is 5.75 Å². The Balaban J connectivity index is 0.00000225. The van der Waals surface area contributed by atoms with E-state index >= 15 is 0 Å². The van der Waals surface area contributed by atoms with Crippen LogP contribution in [-0.2, 0) is 11.3 Å². The van der Waals surface area contributed by atoms with Crippen molar-refractivity contribution < 1.29 is 9.53 Å². The van der Waals surface area contributed by atoms with Crippen LogP contribution in [0, 0.1) is 5.41 Å². The quantitative estimate of drug-likeness (QED) is 0.796. The van der Waals surface area contributed by atoms with Crippen molar-refractivity contribution in [2.75, 3.05) is 13.7 Å². The van der Waals surface area contributed by atoms with Crippen molar-refractivity contribution in [3.05, 3.63) is 29.8 Å². The highest BCUT2D eigenvalue weighted by Gasteiger charge is 2.38. The maximum atomic E-state index is 13.0. The summed E-state index contributed by atoms with van der Waals surface area (Å²) in [4.78, 5) is 15.1. The van der Waals surface area contributed by atoms with Crippen LogP contribution in [0.2, 0.25) is 0 Å². The average Bonchev–Trinajstić information content (AvgIpc) is 3.46. The second-order valence-corrected chi connectivity index (χ2v) is 7.54. The van der Waals surface area contributed by atoms with E-state index in [1.165, 1.54) is 24.8 Å². The third-order valence-corrected chi connectivity index (χ3v) is 5.69. The molecule has 3 rings (SSSR count). The van der Waals surface area contributed by atoms with E-state index in [4.69, 9.17) is 10.5 Å².